The van der Waals surface area contributed by atoms with Crippen LogP contribution in [0.2, 0.25) is 0 Å². The summed E-state index contributed by atoms with van der Waals surface area (Å²) in [6, 6.07) is 7.79. The molecule has 1 saturated heterocycles. The minimum atomic E-state index is -0.170. The van der Waals surface area contributed by atoms with Gasteiger partial charge in [0.15, 0.2) is 0 Å². The third-order valence-electron chi connectivity index (χ3n) is 3.24. The van der Waals surface area contributed by atoms with Gasteiger partial charge in [-0.3, -0.25) is 0 Å². The fraction of sp³-hybridized carbons (Fsp3) is 0.357. The molecule has 2 amide bonds. The highest BCUT2D eigenvalue weighted by Crippen LogP contribution is 2.28. The molecule has 19 heavy (non-hydrogen) atoms. The van der Waals surface area contributed by atoms with Crippen LogP contribution in [0.15, 0.2) is 29.6 Å². The SMILES string of the molecule is O=C(NCC1CCCO1)Nc1cccc2ccsc12. The molecule has 5 heteroatoms. The molecule has 0 aliphatic carbocycles. The normalized spacial score (nSPS) is 18.6. The summed E-state index contributed by atoms with van der Waals surface area (Å²) in [5, 5.41) is 8.94. The maximum absolute atomic E-state index is 11.9. The zero-order valence-electron chi connectivity index (χ0n) is 10.5. The summed E-state index contributed by atoms with van der Waals surface area (Å²) in [5.74, 6) is 0. The van der Waals surface area contributed by atoms with E-state index in [0.29, 0.717) is 6.54 Å². The van der Waals surface area contributed by atoms with Crippen molar-refractivity contribution in [1.29, 1.82) is 0 Å². The molecule has 1 fully saturated rings. The van der Waals surface area contributed by atoms with Crippen molar-refractivity contribution in [2.24, 2.45) is 0 Å². The van der Waals surface area contributed by atoms with Gasteiger partial charge in [-0.05, 0) is 35.7 Å². The van der Waals surface area contributed by atoms with Crippen LogP contribution in [-0.4, -0.2) is 25.3 Å². The molecule has 0 spiro atoms. The van der Waals surface area contributed by atoms with Crippen molar-refractivity contribution >= 4 is 33.1 Å². The number of hydrogen-bond acceptors (Lipinski definition) is 3. The number of nitrogens with one attached hydrogen (secondary N) is 2. The van der Waals surface area contributed by atoms with Crippen molar-refractivity contribution in [3.05, 3.63) is 29.6 Å². The Morgan fingerprint density at radius 3 is 3.21 bits per heavy atom. The average molecular weight is 276 g/mol. The molecule has 1 aliphatic heterocycles. The summed E-state index contributed by atoms with van der Waals surface area (Å²) in [6.45, 7) is 1.38. The van der Waals surface area contributed by atoms with E-state index in [9.17, 15) is 4.79 Å². The van der Waals surface area contributed by atoms with Crippen molar-refractivity contribution in [2.45, 2.75) is 18.9 Å². The predicted octanol–water partition coefficient (Wildman–Crippen LogP) is 3.20. The zero-order chi connectivity index (χ0) is 13.1. The maximum Gasteiger partial charge on any atom is 0.319 e. The van der Waals surface area contributed by atoms with E-state index in [1.54, 1.807) is 11.3 Å². The lowest BCUT2D eigenvalue weighted by molar-refractivity contribution is 0.112. The van der Waals surface area contributed by atoms with Gasteiger partial charge in [0.2, 0.25) is 0 Å². The Labute approximate surface area is 115 Å². The van der Waals surface area contributed by atoms with Gasteiger partial charge in [0.1, 0.15) is 0 Å². The Kier molecular flexibility index (Phi) is 3.66. The van der Waals surface area contributed by atoms with Gasteiger partial charge in [0.05, 0.1) is 16.5 Å². The van der Waals surface area contributed by atoms with E-state index in [1.807, 2.05) is 23.6 Å². The third-order valence-corrected chi connectivity index (χ3v) is 4.20. The number of hydrogen-bond donors (Lipinski definition) is 2. The van der Waals surface area contributed by atoms with Crippen molar-refractivity contribution in [2.75, 3.05) is 18.5 Å². The molecule has 0 radical (unpaired) electrons. The lowest BCUT2D eigenvalue weighted by atomic mass is 10.2. The number of amides is 2. The summed E-state index contributed by atoms with van der Waals surface area (Å²) < 4.78 is 6.58. The second-order valence-corrected chi connectivity index (χ2v) is 5.53. The Morgan fingerprint density at radius 2 is 2.37 bits per heavy atom. The highest BCUT2D eigenvalue weighted by molar-refractivity contribution is 7.17. The van der Waals surface area contributed by atoms with Gasteiger partial charge in [0.25, 0.3) is 0 Å². The molecule has 1 aromatic heterocycles. The number of benzene rings is 1. The first-order valence-corrected chi connectivity index (χ1v) is 7.33. The van der Waals surface area contributed by atoms with Crippen molar-refractivity contribution in [3.8, 4) is 0 Å². The summed E-state index contributed by atoms with van der Waals surface area (Å²) in [4.78, 5) is 11.9. The van der Waals surface area contributed by atoms with Crippen LogP contribution in [-0.2, 0) is 4.74 Å². The smallest absolute Gasteiger partial charge is 0.319 e. The van der Waals surface area contributed by atoms with Crippen molar-refractivity contribution in [3.63, 3.8) is 0 Å². The van der Waals surface area contributed by atoms with Gasteiger partial charge in [-0.2, -0.15) is 0 Å². The molecule has 1 atom stereocenters. The molecule has 0 bridgehead atoms. The molecule has 3 rings (SSSR count). The standard InChI is InChI=1S/C14H16N2O2S/c17-14(15-9-11-4-2-7-18-11)16-12-5-1-3-10-6-8-19-13(10)12/h1,3,5-6,8,11H,2,4,7,9H2,(H2,15,16,17). The fourth-order valence-electron chi connectivity index (χ4n) is 2.27. The van der Waals surface area contributed by atoms with Crippen LogP contribution in [0.1, 0.15) is 12.8 Å². The summed E-state index contributed by atoms with van der Waals surface area (Å²) in [5.41, 5.74) is 0.859. The van der Waals surface area contributed by atoms with Gasteiger partial charge in [-0.25, -0.2) is 4.79 Å². The molecular weight excluding hydrogens is 260 g/mol. The van der Waals surface area contributed by atoms with Crippen LogP contribution >= 0.6 is 11.3 Å². The van der Waals surface area contributed by atoms with Crippen molar-refractivity contribution in [1.82, 2.24) is 5.32 Å². The highest BCUT2D eigenvalue weighted by atomic mass is 32.1. The second kappa shape index (κ2) is 5.59. The molecular formula is C14H16N2O2S. The van der Waals surface area contributed by atoms with E-state index < -0.39 is 0 Å². The Hall–Kier alpha value is -1.59. The number of carbonyl (C=O) groups is 1. The number of rotatable bonds is 3. The predicted molar refractivity (Wildman–Crippen MR) is 77.8 cm³/mol. The second-order valence-electron chi connectivity index (χ2n) is 4.61. The molecule has 4 nitrogen and oxygen atoms in total. The minimum absolute atomic E-state index is 0.170. The van der Waals surface area contributed by atoms with E-state index in [1.165, 1.54) is 0 Å². The number of anilines is 1. The largest absolute Gasteiger partial charge is 0.376 e. The number of ether oxygens (including phenoxy) is 1. The number of fused-ring (bicyclic) bond motifs is 1. The molecule has 100 valence electrons. The Bertz CT molecular complexity index is 576. The fourth-order valence-corrected chi connectivity index (χ4v) is 3.14. The van der Waals surface area contributed by atoms with Gasteiger partial charge in [-0.15, -0.1) is 11.3 Å². The highest BCUT2D eigenvalue weighted by Gasteiger charge is 2.16. The topological polar surface area (TPSA) is 50.4 Å². The van der Waals surface area contributed by atoms with Gasteiger partial charge >= 0.3 is 6.03 Å². The van der Waals surface area contributed by atoms with E-state index in [0.717, 1.165) is 35.2 Å². The first-order valence-electron chi connectivity index (χ1n) is 6.45. The first-order chi connectivity index (χ1) is 9.33. The molecule has 0 saturated carbocycles. The quantitative estimate of drug-likeness (QED) is 0.904. The van der Waals surface area contributed by atoms with Crippen LogP contribution < -0.4 is 10.6 Å². The van der Waals surface area contributed by atoms with Crippen LogP contribution in [0.5, 0.6) is 0 Å². The van der Waals surface area contributed by atoms with E-state index in [-0.39, 0.29) is 12.1 Å². The average Bonchev–Trinajstić information content (AvgIpc) is 3.08. The van der Waals surface area contributed by atoms with Crippen LogP contribution in [0.3, 0.4) is 0 Å². The minimum Gasteiger partial charge on any atom is -0.376 e. The molecule has 2 N–H and O–H groups in total. The number of carbonyl (C=O) groups excluding carboxylic acids is 1. The van der Waals surface area contributed by atoms with Gasteiger partial charge < -0.3 is 15.4 Å². The molecule has 2 heterocycles. The van der Waals surface area contributed by atoms with Gasteiger partial charge in [-0.1, -0.05) is 12.1 Å². The number of urea groups is 1. The first kappa shape index (κ1) is 12.4. The van der Waals surface area contributed by atoms with E-state index >= 15 is 0 Å². The van der Waals surface area contributed by atoms with Crippen LogP contribution in [0.4, 0.5) is 10.5 Å². The summed E-state index contributed by atoms with van der Waals surface area (Å²) in [6.07, 6.45) is 2.28. The zero-order valence-corrected chi connectivity index (χ0v) is 11.3. The monoisotopic (exact) mass is 276 g/mol. The molecule has 2 aromatic rings. The third kappa shape index (κ3) is 2.88. The molecule has 1 unspecified atom stereocenters. The Morgan fingerprint density at radius 1 is 1.42 bits per heavy atom. The lowest BCUT2D eigenvalue weighted by Crippen LogP contribution is -2.35. The summed E-state index contributed by atoms with van der Waals surface area (Å²) in [7, 11) is 0. The maximum atomic E-state index is 11.9. The lowest BCUT2D eigenvalue weighted by Gasteiger charge is -2.12. The molecule has 1 aromatic carbocycles. The van der Waals surface area contributed by atoms with Gasteiger partial charge in [0, 0.05) is 13.2 Å². The molecule has 1 aliphatic rings. The van der Waals surface area contributed by atoms with Crippen LogP contribution in [0, 0.1) is 0 Å². The number of thiophene rings is 1. The van der Waals surface area contributed by atoms with Crippen molar-refractivity contribution < 1.29 is 9.53 Å². The summed E-state index contributed by atoms with van der Waals surface area (Å²) >= 11 is 1.63. The van der Waals surface area contributed by atoms with E-state index in [2.05, 4.69) is 16.7 Å². The Balaban J connectivity index is 1.60. The van der Waals surface area contributed by atoms with E-state index in [4.69, 9.17) is 4.74 Å². The van der Waals surface area contributed by atoms with Crippen LogP contribution in [0.25, 0.3) is 10.1 Å².